The lowest BCUT2D eigenvalue weighted by molar-refractivity contribution is -0.121. The number of benzene rings is 2. The van der Waals surface area contributed by atoms with E-state index in [-0.39, 0.29) is 18.2 Å². The minimum absolute atomic E-state index is 0.135. The van der Waals surface area contributed by atoms with Gasteiger partial charge in [-0.05, 0) is 42.8 Å². The fourth-order valence-corrected chi connectivity index (χ4v) is 2.93. The van der Waals surface area contributed by atoms with Crippen molar-refractivity contribution < 1.29 is 18.7 Å². The van der Waals surface area contributed by atoms with Gasteiger partial charge in [-0.3, -0.25) is 14.2 Å². The zero-order chi connectivity index (χ0) is 20.6. The molecule has 1 aromatic heterocycles. The van der Waals surface area contributed by atoms with E-state index < -0.39 is 5.76 Å². The first-order valence-electron chi connectivity index (χ1n) is 9.36. The van der Waals surface area contributed by atoms with Crippen LogP contribution in [0.3, 0.4) is 0 Å². The summed E-state index contributed by atoms with van der Waals surface area (Å²) >= 11 is 0. The Balaban J connectivity index is 1.36. The first kappa shape index (κ1) is 20.2. The first-order chi connectivity index (χ1) is 14.1. The number of carbonyl (C=O) groups is 2. The fraction of sp³-hybridized carbons (Fsp3) is 0.286. The molecular weight excluding hydrogens is 374 g/mol. The number of para-hydroxylation sites is 2. The van der Waals surface area contributed by atoms with Crippen molar-refractivity contribution in [2.24, 2.45) is 0 Å². The summed E-state index contributed by atoms with van der Waals surface area (Å²) in [5.74, 6) is -0.0926. The molecule has 29 heavy (non-hydrogen) atoms. The van der Waals surface area contributed by atoms with E-state index in [0.717, 1.165) is 5.52 Å². The van der Waals surface area contributed by atoms with Crippen LogP contribution in [0.4, 0.5) is 0 Å². The molecule has 0 fully saturated rings. The number of aromatic nitrogens is 1. The van der Waals surface area contributed by atoms with Gasteiger partial charge in [0, 0.05) is 31.6 Å². The van der Waals surface area contributed by atoms with Crippen LogP contribution in [-0.2, 0) is 11.3 Å². The largest absolute Gasteiger partial charge is 0.497 e. The van der Waals surface area contributed by atoms with Gasteiger partial charge in [-0.15, -0.1) is 0 Å². The lowest BCUT2D eigenvalue weighted by Crippen LogP contribution is -2.34. The van der Waals surface area contributed by atoms with Crippen molar-refractivity contribution in [2.75, 3.05) is 20.2 Å². The monoisotopic (exact) mass is 397 g/mol. The summed E-state index contributed by atoms with van der Waals surface area (Å²) in [4.78, 5) is 35.9. The van der Waals surface area contributed by atoms with Crippen LogP contribution in [0, 0.1) is 0 Å². The molecule has 0 aliphatic rings. The molecule has 0 spiro atoms. The van der Waals surface area contributed by atoms with Gasteiger partial charge in [0.2, 0.25) is 5.91 Å². The second kappa shape index (κ2) is 9.59. The highest BCUT2D eigenvalue weighted by Crippen LogP contribution is 2.12. The molecule has 0 saturated carbocycles. The Morgan fingerprint density at radius 3 is 2.52 bits per heavy atom. The summed E-state index contributed by atoms with van der Waals surface area (Å²) in [6.45, 7) is 1.05. The highest BCUT2D eigenvalue weighted by molar-refractivity contribution is 5.94. The summed E-state index contributed by atoms with van der Waals surface area (Å²) in [7, 11) is 1.56. The van der Waals surface area contributed by atoms with Crippen molar-refractivity contribution in [3.8, 4) is 5.75 Å². The van der Waals surface area contributed by atoms with Crippen LogP contribution in [0.1, 0.15) is 23.2 Å². The molecule has 2 amide bonds. The van der Waals surface area contributed by atoms with E-state index in [0.29, 0.717) is 43.0 Å². The van der Waals surface area contributed by atoms with Crippen LogP contribution >= 0.6 is 0 Å². The highest BCUT2D eigenvalue weighted by Gasteiger charge is 2.09. The van der Waals surface area contributed by atoms with E-state index in [2.05, 4.69) is 10.6 Å². The van der Waals surface area contributed by atoms with Crippen LogP contribution in [0.25, 0.3) is 11.1 Å². The third-order valence-corrected chi connectivity index (χ3v) is 4.44. The zero-order valence-corrected chi connectivity index (χ0v) is 16.1. The topological polar surface area (TPSA) is 103 Å². The molecule has 8 heteroatoms. The highest BCUT2D eigenvalue weighted by atomic mass is 16.5. The quantitative estimate of drug-likeness (QED) is 0.537. The number of amides is 2. The Kier molecular flexibility index (Phi) is 6.67. The number of rotatable bonds is 9. The Morgan fingerprint density at radius 2 is 1.76 bits per heavy atom. The molecule has 3 rings (SSSR count). The number of oxazole rings is 1. The molecule has 0 radical (unpaired) electrons. The van der Waals surface area contributed by atoms with Crippen molar-refractivity contribution in [2.45, 2.75) is 19.4 Å². The van der Waals surface area contributed by atoms with Crippen LogP contribution in [0.15, 0.2) is 57.7 Å². The van der Waals surface area contributed by atoms with Gasteiger partial charge in [0.15, 0.2) is 5.58 Å². The normalized spacial score (nSPS) is 10.7. The van der Waals surface area contributed by atoms with E-state index in [1.165, 1.54) is 4.57 Å². The summed E-state index contributed by atoms with van der Waals surface area (Å²) in [5.41, 5.74) is 1.78. The number of hydrogen-bond donors (Lipinski definition) is 2. The number of nitrogens with zero attached hydrogens (tertiary/aromatic N) is 1. The van der Waals surface area contributed by atoms with Gasteiger partial charge in [-0.2, -0.15) is 0 Å². The van der Waals surface area contributed by atoms with E-state index in [1.54, 1.807) is 43.5 Å². The summed E-state index contributed by atoms with van der Waals surface area (Å²) in [6, 6.07) is 14.0. The number of hydrogen-bond acceptors (Lipinski definition) is 5. The van der Waals surface area contributed by atoms with Crippen molar-refractivity contribution in [3.63, 3.8) is 0 Å². The van der Waals surface area contributed by atoms with Gasteiger partial charge in [0.1, 0.15) is 5.75 Å². The summed E-state index contributed by atoms with van der Waals surface area (Å²) < 4.78 is 11.7. The van der Waals surface area contributed by atoms with Crippen LogP contribution < -0.4 is 21.1 Å². The fourth-order valence-electron chi connectivity index (χ4n) is 2.93. The number of ether oxygens (including phenoxy) is 1. The van der Waals surface area contributed by atoms with Crippen LogP contribution in [0.5, 0.6) is 5.75 Å². The van der Waals surface area contributed by atoms with Crippen molar-refractivity contribution in [1.29, 1.82) is 0 Å². The van der Waals surface area contributed by atoms with E-state index in [4.69, 9.17) is 9.15 Å². The number of fused-ring (bicyclic) bond motifs is 1. The number of methoxy groups -OCH3 is 1. The van der Waals surface area contributed by atoms with Crippen molar-refractivity contribution >= 4 is 22.9 Å². The third-order valence-electron chi connectivity index (χ3n) is 4.44. The van der Waals surface area contributed by atoms with Crippen molar-refractivity contribution in [3.05, 3.63) is 64.6 Å². The Bertz CT molecular complexity index is 1040. The number of carbonyl (C=O) groups excluding carboxylic acids is 2. The van der Waals surface area contributed by atoms with E-state index in [9.17, 15) is 14.4 Å². The van der Waals surface area contributed by atoms with Crippen LogP contribution in [0.2, 0.25) is 0 Å². The minimum Gasteiger partial charge on any atom is -0.497 e. The van der Waals surface area contributed by atoms with Gasteiger partial charge >= 0.3 is 5.76 Å². The smallest absolute Gasteiger partial charge is 0.419 e. The lowest BCUT2D eigenvalue weighted by Gasteiger charge is -2.08. The molecule has 2 N–H and O–H groups in total. The predicted octanol–water partition coefficient (Wildman–Crippen LogP) is 1.93. The summed E-state index contributed by atoms with van der Waals surface area (Å²) in [6.07, 6.45) is 0.784. The molecule has 0 aliphatic heterocycles. The molecule has 0 atom stereocenters. The predicted molar refractivity (Wildman–Crippen MR) is 108 cm³/mol. The van der Waals surface area contributed by atoms with E-state index >= 15 is 0 Å². The molecule has 2 aromatic carbocycles. The van der Waals surface area contributed by atoms with Gasteiger partial charge < -0.3 is 19.8 Å². The molecule has 152 valence electrons. The average molecular weight is 397 g/mol. The molecular formula is C21H23N3O5. The second-order valence-corrected chi connectivity index (χ2v) is 6.43. The zero-order valence-electron chi connectivity index (χ0n) is 16.1. The van der Waals surface area contributed by atoms with Gasteiger partial charge in [0.25, 0.3) is 5.91 Å². The maximum atomic E-state index is 12.0. The van der Waals surface area contributed by atoms with Gasteiger partial charge in [0.05, 0.1) is 12.6 Å². The second-order valence-electron chi connectivity index (χ2n) is 6.43. The van der Waals surface area contributed by atoms with Gasteiger partial charge in [-0.1, -0.05) is 12.1 Å². The standard InChI is InChI=1S/C21H23N3O5/c1-28-16-10-8-15(9-11-16)20(26)23-13-12-22-19(25)7-4-14-24-17-5-2-3-6-18(17)29-21(24)27/h2-3,5-6,8-11H,4,7,12-14H2,1H3,(H,22,25)(H,23,26). The number of aryl methyl sites for hydroxylation is 1. The molecule has 0 unspecified atom stereocenters. The Hall–Kier alpha value is -3.55. The third kappa shape index (κ3) is 5.25. The first-order valence-corrected chi connectivity index (χ1v) is 9.36. The molecule has 3 aromatic rings. The molecule has 0 saturated heterocycles. The lowest BCUT2D eigenvalue weighted by atomic mass is 10.2. The maximum absolute atomic E-state index is 12.0. The average Bonchev–Trinajstić information content (AvgIpc) is 3.06. The Labute approximate surface area is 167 Å². The Morgan fingerprint density at radius 1 is 1.03 bits per heavy atom. The molecule has 8 nitrogen and oxygen atoms in total. The van der Waals surface area contributed by atoms with Gasteiger partial charge in [-0.25, -0.2) is 4.79 Å². The molecule has 1 heterocycles. The molecule has 0 aliphatic carbocycles. The minimum atomic E-state index is -0.423. The summed E-state index contributed by atoms with van der Waals surface area (Å²) in [5, 5.41) is 5.50. The van der Waals surface area contributed by atoms with E-state index in [1.807, 2.05) is 12.1 Å². The SMILES string of the molecule is COc1ccc(C(=O)NCCNC(=O)CCCn2c(=O)oc3ccccc32)cc1. The number of nitrogens with one attached hydrogen (secondary N) is 2. The van der Waals surface area contributed by atoms with Crippen LogP contribution in [-0.4, -0.2) is 36.6 Å². The molecule has 0 bridgehead atoms. The van der Waals surface area contributed by atoms with Crippen molar-refractivity contribution in [1.82, 2.24) is 15.2 Å². The maximum Gasteiger partial charge on any atom is 0.419 e.